The van der Waals surface area contributed by atoms with Gasteiger partial charge in [0.15, 0.2) is 15.6 Å². The highest BCUT2D eigenvalue weighted by molar-refractivity contribution is 7.90. The van der Waals surface area contributed by atoms with Crippen molar-refractivity contribution in [1.82, 2.24) is 5.32 Å². The van der Waals surface area contributed by atoms with Gasteiger partial charge in [-0.05, 0) is 50.1 Å². The third-order valence-corrected chi connectivity index (χ3v) is 5.78. The molecule has 1 unspecified atom stereocenters. The van der Waals surface area contributed by atoms with Gasteiger partial charge >= 0.3 is 0 Å². The van der Waals surface area contributed by atoms with E-state index in [9.17, 15) is 18.0 Å². The van der Waals surface area contributed by atoms with Gasteiger partial charge in [0.25, 0.3) is 5.91 Å². The highest BCUT2D eigenvalue weighted by atomic mass is 32.2. The van der Waals surface area contributed by atoms with Gasteiger partial charge in [-0.25, -0.2) is 8.42 Å². The first kappa shape index (κ1) is 24.2. The number of methoxy groups -OCH3 is 1. The lowest BCUT2D eigenvalue weighted by Crippen LogP contribution is -2.33. The van der Waals surface area contributed by atoms with Crippen LogP contribution < -0.4 is 20.7 Å². The molecule has 0 aliphatic heterocycles. The second kappa shape index (κ2) is 10.3. The number of para-hydroxylation sites is 1. The van der Waals surface area contributed by atoms with Crippen molar-refractivity contribution in [3.8, 4) is 5.75 Å². The summed E-state index contributed by atoms with van der Waals surface area (Å²) >= 11 is 0. The summed E-state index contributed by atoms with van der Waals surface area (Å²) < 4.78 is 29.4. The van der Waals surface area contributed by atoms with Gasteiger partial charge in [0.2, 0.25) is 5.91 Å². The lowest BCUT2D eigenvalue weighted by atomic mass is 10.1. The zero-order chi connectivity index (χ0) is 23.2. The van der Waals surface area contributed by atoms with E-state index in [0.717, 1.165) is 12.7 Å². The van der Waals surface area contributed by atoms with Crippen molar-refractivity contribution in [3.05, 3.63) is 47.5 Å². The standard InChI is InChI=1S/C22H29N3O5S/c1-6-15(3)24-22(27)16-9-7-8-10-17(16)25-20(26)13-23-18-11-14(2)12-19(21(18)30-4)31(5,28)29/h7-12,15,23H,6,13H2,1-5H3,(H,24,27)(H,25,26). The average Bonchev–Trinajstić information content (AvgIpc) is 2.71. The third kappa shape index (κ3) is 6.45. The highest BCUT2D eigenvalue weighted by Crippen LogP contribution is 2.33. The molecular weight excluding hydrogens is 418 g/mol. The Balaban J connectivity index is 2.17. The van der Waals surface area contributed by atoms with E-state index in [0.29, 0.717) is 22.5 Å². The monoisotopic (exact) mass is 447 g/mol. The fourth-order valence-corrected chi connectivity index (χ4v) is 3.85. The van der Waals surface area contributed by atoms with Crippen LogP contribution in [-0.2, 0) is 14.6 Å². The summed E-state index contributed by atoms with van der Waals surface area (Å²) in [7, 11) is -2.14. The van der Waals surface area contributed by atoms with E-state index in [1.165, 1.54) is 13.2 Å². The lowest BCUT2D eigenvalue weighted by molar-refractivity contribution is -0.114. The van der Waals surface area contributed by atoms with Gasteiger partial charge in [-0.3, -0.25) is 9.59 Å². The number of anilines is 2. The summed E-state index contributed by atoms with van der Waals surface area (Å²) in [6, 6.07) is 9.98. The lowest BCUT2D eigenvalue weighted by Gasteiger charge is -2.17. The van der Waals surface area contributed by atoms with Crippen LogP contribution in [0.3, 0.4) is 0 Å². The molecule has 3 N–H and O–H groups in total. The van der Waals surface area contributed by atoms with E-state index in [2.05, 4.69) is 16.0 Å². The molecule has 31 heavy (non-hydrogen) atoms. The van der Waals surface area contributed by atoms with Gasteiger partial charge in [-0.1, -0.05) is 19.1 Å². The zero-order valence-electron chi connectivity index (χ0n) is 18.4. The van der Waals surface area contributed by atoms with Gasteiger partial charge in [0.1, 0.15) is 4.90 Å². The molecule has 1 atom stereocenters. The third-order valence-electron chi connectivity index (χ3n) is 4.68. The molecule has 0 bridgehead atoms. The number of ether oxygens (including phenoxy) is 1. The summed E-state index contributed by atoms with van der Waals surface area (Å²) in [5, 5.41) is 8.53. The van der Waals surface area contributed by atoms with Gasteiger partial charge in [0.05, 0.1) is 30.6 Å². The molecule has 0 saturated heterocycles. The van der Waals surface area contributed by atoms with E-state index in [1.807, 2.05) is 13.8 Å². The molecule has 0 saturated carbocycles. The Labute approximate surface area is 183 Å². The number of nitrogens with one attached hydrogen (secondary N) is 3. The quantitative estimate of drug-likeness (QED) is 0.545. The average molecular weight is 448 g/mol. The van der Waals surface area contributed by atoms with Gasteiger partial charge in [0, 0.05) is 12.3 Å². The van der Waals surface area contributed by atoms with E-state index in [4.69, 9.17) is 4.74 Å². The van der Waals surface area contributed by atoms with Crippen LogP contribution in [0, 0.1) is 6.92 Å². The minimum Gasteiger partial charge on any atom is -0.493 e. The van der Waals surface area contributed by atoms with Crippen molar-refractivity contribution in [3.63, 3.8) is 0 Å². The maximum atomic E-state index is 12.5. The summed E-state index contributed by atoms with van der Waals surface area (Å²) in [6.07, 6.45) is 1.89. The number of hydrogen-bond acceptors (Lipinski definition) is 6. The van der Waals surface area contributed by atoms with Crippen LogP contribution in [0.2, 0.25) is 0 Å². The molecule has 0 spiro atoms. The molecule has 0 aliphatic carbocycles. The van der Waals surface area contributed by atoms with Gasteiger partial charge < -0.3 is 20.7 Å². The van der Waals surface area contributed by atoms with Crippen LogP contribution in [0.15, 0.2) is 41.3 Å². The first-order valence-electron chi connectivity index (χ1n) is 9.89. The Hall–Kier alpha value is -3.07. The Morgan fingerprint density at radius 3 is 2.42 bits per heavy atom. The maximum Gasteiger partial charge on any atom is 0.253 e. The number of benzene rings is 2. The number of sulfone groups is 1. The SMILES string of the molecule is CCC(C)NC(=O)c1ccccc1NC(=O)CNc1cc(C)cc(S(C)(=O)=O)c1OC. The van der Waals surface area contributed by atoms with Crippen LogP contribution in [0.25, 0.3) is 0 Å². The molecule has 0 aliphatic rings. The van der Waals surface area contributed by atoms with Crippen molar-refractivity contribution in [2.45, 2.75) is 38.1 Å². The van der Waals surface area contributed by atoms with E-state index in [1.54, 1.807) is 37.3 Å². The molecule has 2 aromatic carbocycles. The van der Waals surface area contributed by atoms with E-state index in [-0.39, 0.29) is 29.1 Å². The van der Waals surface area contributed by atoms with Gasteiger partial charge in [-0.15, -0.1) is 0 Å². The van der Waals surface area contributed by atoms with Crippen LogP contribution in [-0.4, -0.2) is 46.2 Å². The number of hydrogen-bond donors (Lipinski definition) is 3. The predicted molar refractivity (Wildman–Crippen MR) is 122 cm³/mol. The fourth-order valence-electron chi connectivity index (χ4n) is 2.92. The smallest absolute Gasteiger partial charge is 0.253 e. The second-order valence-corrected chi connectivity index (χ2v) is 9.33. The molecule has 0 heterocycles. The van der Waals surface area contributed by atoms with Crippen LogP contribution in [0.5, 0.6) is 5.75 Å². The molecule has 168 valence electrons. The van der Waals surface area contributed by atoms with Crippen molar-refractivity contribution in [2.75, 3.05) is 30.5 Å². The minimum atomic E-state index is -3.52. The number of carbonyl (C=O) groups excluding carboxylic acids is 2. The van der Waals surface area contributed by atoms with Crippen molar-refractivity contribution < 1.29 is 22.7 Å². The summed E-state index contributed by atoms with van der Waals surface area (Å²) in [4.78, 5) is 25.1. The normalized spacial score (nSPS) is 12.0. The molecule has 9 heteroatoms. The number of aryl methyl sites for hydroxylation is 1. The zero-order valence-corrected chi connectivity index (χ0v) is 19.2. The number of carbonyl (C=O) groups is 2. The number of rotatable bonds is 9. The molecule has 0 aromatic heterocycles. The molecule has 0 fully saturated rings. The molecule has 2 aromatic rings. The van der Waals surface area contributed by atoms with Gasteiger partial charge in [-0.2, -0.15) is 0 Å². The molecule has 0 radical (unpaired) electrons. The Morgan fingerprint density at radius 1 is 1.13 bits per heavy atom. The molecular formula is C22H29N3O5S. The molecule has 2 amide bonds. The van der Waals surface area contributed by atoms with Crippen LogP contribution in [0.4, 0.5) is 11.4 Å². The first-order chi connectivity index (χ1) is 14.6. The van der Waals surface area contributed by atoms with Crippen molar-refractivity contribution in [1.29, 1.82) is 0 Å². The van der Waals surface area contributed by atoms with Crippen LogP contribution in [0.1, 0.15) is 36.2 Å². The number of amides is 2. The molecule has 2 rings (SSSR count). The van der Waals surface area contributed by atoms with Crippen LogP contribution >= 0.6 is 0 Å². The Kier molecular flexibility index (Phi) is 8.04. The second-order valence-electron chi connectivity index (χ2n) is 7.35. The van der Waals surface area contributed by atoms with E-state index >= 15 is 0 Å². The summed E-state index contributed by atoms with van der Waals surface area (Å²) in [5.41, 5.74) is 1.85. The van der Waals surface area contributed by atoms with Crippen molar-refractivity contribution in [2.24, 2.45) is 0 Å². The highest BCUT2D eigenvalue weighted by Gasteiger charge is 2.20. The summed E-state index contributed by atoms with van der Waals surface area (Å²) in [5.74, 6) is -0.515. The maximum absolute atomic E-state index is 12.5. The molecule has 8 nitrogen and oxygen atoms in total. The van der Waals surface area contributed by atoms with Crippen molar-refractivity contribution >= 4 is 33.0 Å². The van der Waals surface area contributed by atoms with E-state index < -0.39 is 15.7 Å². The minimum absolute atomic E-state index is 0.00995. The Bertz CT molecular complexity index is 1070. The summed E-state index contributed by atoms with van der Waals surface area (Å²) in [6.45, 7) is 5.48. The first-order valence-corrected chi connectivity index (χ1v) is 11.8. The largest absolute Gasteiger partial charge is 0.493 e. The Morgan fingerprint density at radius 2 is 1.81 bits per heavy atom. The topological polar surface area (TPSA) is 114 Å². The predicted octanol–water partition coefficient (Wildman–Crippen LogP) is 2.99. The fraction of sp³-hybridized carbons (Fsp3) is 0.364.